The standard InChI is InChI=1S/C10H12BrN/c1-8(2)10(7-11)9-3-5-12-6-4-9/h3-6H,7H2,1-2H3. The third-order valence-electron chi connectivity index (χ3n) is 1.77. The third kappa shape index (κ3) is 2.18. The van der Waals surface area contributed by atoms with Crippen LogP contribution in [0.4, 0.5) is 0 Å². The minimum absolute atomic E-state index is 0.902. The predicted octanol–water partition coefficient (Wildman–Crippen LogP) is 3.27. The molecule has 0 unspecified atom stereocenters. The number of rotatable bonds is 2. The third-order valence-corrected chi connectivity index (χ3v) is 2.33. The molecule has 0 aromatic carbocycles. The molecule has 0 aliphatic carbocycles. The Labute approximate surface area is 81.7 Å². The summed E-state index contributed by atoms with van der Waals surface area (Å²) in [5, 5.41) is 0.902. The fourth-order valence-corrected chi connectivity index (χ4v) is 1.94. The van der Waals surface area contributed by atoms with Crippen LogP contribution in [0.15, 0.2) is 30.1 Å². The molecule has 1 aromatic heterocycles. The Bertz CT molecular complexity index is 273. The summed E-state index contributed by atoms with van der Waals surface area (Å²) in [5.41, 5.74) is 3.94. The van der Waals surface area contributed by atoms with Gasteiger partial charge < -0.3 is 0 Å². The second kappa shape index (κ2) is 4.41. The summed E-state index contributed by atoms with van der Waals surface area (Å²) in [5.74, 6) is 0. The van der Waals surface area contributed by atoms with Crippen molar-refractivity contribution in [2.45, 2.75) is 13.8 Å². The van der Waals surface area contributed by atoms with E-state index in [-0.39, 0.29) is 0 Å². The van der Waals surface area contributed by atoms with E-state index in [9.17, 15) is 0 Å². The number of nitrogens with zero attached hydrogens (tertiary/aromatic N) is 1. The van der Waals surface area contributed by atoms with Crippen LogP contribution in [-0.2, 0) is 0 Å². The number of hydrogen-bond acceptors (Lipinski definition) is 1. The van der Waals surface area contributed by atoms with Crippen molar-refractivity contribution < 1.29 is 0 Å². The predicted molar refractivity (Wildman–Crippen MR) is 56.3 cm³/mol. The van der Waals surface area contributed by atoms with Crippen LogP contribution in [0.25, 0.3) is 5.57 Å². The minimum atomic E-state index is 0.902. The topological polar surface area (TPSA) is 12.9 Å². The highest BCUT2D eigenvalue weighted by atomic mass is 79.9. The lowest BCUT2D eigenvalue weighted by Crippen LogP contribution is -1.88. The normalized spacial score (nSPS) is 9.58. The number of aromatic nitrogens is 1. The molecule has 0 aliphatic rings. The summed E-state index contributed by atoms with van der Waals surface area (Å²) >= 11 is 3.47. The number of pyridine rings is 1. The van der Waals surface area contributed by atoms with E-state index in [4.69, 9.17) is 0 Å². The first-order valence-electron chi connectivity index (χ1n) is 3.88. The summed E-state index contributed by atoms with van der Waals surface area (Å²) in [4.78, 5) is 3.98. The molecular formula is C10H12BrN. The molecular weight excluding hydrogens is 214 g/mol. The van der Waals surface area contributed by atoms with Gasteiger partial charge in [-0.15, -0.1) is 0 Å². The van der Waals surface area contributed by atoms with Crippen LogP contribution in [0.5, 0.6) is 0 Å². The van der Waals surface area contributed by atoms with Crippen LogP contribution in [0.3, 0.4) is 0 Å². The fraction of sp³-hybridized carbons (Fsp3) is 0.300. The van der Waals surface area contributed by atoms with Crippen molar-refractivity contribution in [1.29, 1.82) is 0 Å². The number of halogens is 1. The first kappa shape index (κ1) is 9.46. The second-order valence-electron chi connectivity index (χ2n) is 2.85. The highest BCUT2D eigenvalue weighted by Gasteiger charge is 1.99. The van der Waals surface area contributed by atoms with E-state index >= 15 is 0 Å². The van der Waals surface area contributed by atoms with Gasteiger partial charge in [0.1, 0.15) is 0 Å². The molecule has 1 rings (SSSR count). The lowest BCUT2D eigenvalue weighted by atomic mass is 10.1. The maximum Gasteiger partial charge on any atom is 0.0288 e. The van der Waals surface area contributed by atoms with Crippen LogP contribution < -0.4 is 0 Å². The van der Waals surface area contributed by atoms with E-state index in [1.54, 1.807) is 0 Å². The smallest absolute Gasteiger partial charge is 0.0288 e. The maximum absolute atomic E-state index is 3.98. The molecule has 0 saturated heterocycles. The van der Waals surface area contributed by atoms with Gasteiger partial charge in [-0.1, -0.05) is 21.5 Å². The average molecular weight is 226 g/mol. The Balaban J connectivity index is 3.05. The summed E-state index contributed by atoms with van der Waals surface area (Å²) < 4.78 is 0. The largest absolute Gasteiger partial charge is 0.265 e. The number of allylic oxidation sites excluding steroid dienone is 2. The molecule has 0 spiro atoms. The van der Waals surface area contributed by atoms with Crippen molar-refractivity contribution in [3.05, 3.63) is 35.7 Å². The van der Waals surface area contributed by atoms with Gasteiger partial charge in [-0.3, -0.25) is 4.98 Å². The molecule has 0 amide bonds. The van der Waals surface area contributed by atoms with Gasteiger partial charge in [0.2, 0.25) is 0 Å². The second-order valence-corrected chi connectivity index (χ2v) is 3.41. The van der Waals surface area contributed by atoms with Gasteiger partial charge in [-0.2, -0.15) is 0 Å². The van der Waals surface area contributed by atoms with E-state index < -0.39 is 0 Å². The van der Waals surface area contributed by atoms with Gasteiger partial charge in [0.25, 0.3) is 0 Å². The van der Waals surface area contributed by atoms with Crippen LogP contribution in [0.1, 0.15) is 19.4 Å². The zero-order valence-corrected chi connectivity index (χ0v) is 8.93. The van der Waals surface area contributed by atoms with Crippen molar-refractivity contribution in [2.75, 3.05) is 5.33 Å². The molecule has 1 aromatic rings. The highest BCUT2D eigenvalue weighted by molar-refractivity contribution is 9.09. The molecule has 1 heterocycles. The van der Waals surface area contributed by atoms with Gasteiger partial charge in [0.05, 0.1) is 0 Å². The Morgan fingerprint density at radius 1 is 1.33 bits per heavy atom. The molecule has 0 radical (unpaired) electrons. The van der Waals surface area contributed by atoms with E-state index in [1.165, 1.54) is 16.7 Å². The van der Waals surface area contributed by atoms with Crippen molar-refractivity contribution in [2.24, 2.45) is 0 Å². The minimum Gasteiger partial charge on any atom is -0.265 e. The first-order chi connectivity index (χ1) is 5.75. The summed E-state index contributed by atoms with van der Waals surface area (Å²) in [6.45, 7) is 4.24. The Kier molecular flexibility index (Phi) is 3.48. The van der Waals surface area contributed by atoms with E-state index in [0.29, 0.717) is 0 Å². The monoisotopic (exact) mass is 225 g/mol. The molecule has 0 N–H and O–H groups in total. The molecule has 2 heteroatoms. The van der Waals surface area contributed by atoms with Crippen LogP contribution in [-0.4, -0.2) is 10.3 Å². The van der Waals surface area contributed by atoms with Gasteiger partial charge in [-0.25, -0.2) is 0 Å². The molecule has 0 fully saturated rings. The van der Waals surface area contributed by atoms with Crippen LogP contribution >= 0.6 is 15.9 Å². The molecule has 0 bridgehead atoms. The van der Waals surface area contributed by atoms with Crippen LogP contribution in [0.2, 0.25) is 0 Å². The average Bonchev–Trinajstić information content (AvgIpc) is 2.07. The molecule has 12 heavy (non-hydrogen) atoms. The van der Waals surface area contributed by atoms with Crippen molar-refractivity contribution in [3.8, 4) is 0 Å². The maximum atomic E-state index is 3.98. The Morgan fingerprint density at radius 2 is 1.92 bits per heavy atom. The lowest BCUT2D eigenvalue weighted by Gasteiger charge is -2.05. The molecule has 64 valence electrons. The van der Waals surface area contributed by atoms with Crippen molar-refractivity contribution in [3.63, 3.8) is 0 Å². The summed E-state index contributed by atoms with van der Waals surface area (Å²) in [6.07, 6.45) is 3.64. The number of alkyl halides is 1. The molecule has 0 aliphatic heterocycles. The zero-order chi connectivity index (χ0) is 8.97. The van der Waals surface area contributed by atoms with Crippen molar-refractivity contribution in [1.82, 2.24) is 4.98 Å². The molecule has 0 saturated carbocycles. The molecule has 1 nitrogen and oxygen atoms in total. The Morgan fingerprint density at radius 3 is 2.33 bits per heavy atom. The Hall–Kier alpha value is -0.630. The summed E-state index contributed by atoms with van der Waals surface area (Å²) in [7, 11) is 0. The van der Waals surface area contributed by atoms with Gasteiger partial charge in [0.15, 0.2) is 0 Å². The fourth-order valence-electron chi connectivity index (χ4n) is 1.05. The van der Waals surface area contributed by atoms with Gasteiger partial charge in [-0.05, 0) is 37.1 Å². The van der Waals surface area contributed by atoms with Crippen LogP contribution in [0, 0.1) is 0 Å². The number of hydrogen-bond donors (Lipinski definition) is 0. The van der Waals surface area contributed by atoms with E-state index in [1.807, 2.05) is 24.5 Å². The van der Waals surface area contributed by atoms with E-state index in [2.05, 4.69) is 34.8 Å². The molecule has 0 atom stereocenters. The van der Waals surface area contributed by atoms with E-state index in [0.717, 1.165) is 5.33 Å². The van der Waals surface area contributed by atoms with Gasteiger partial charge in [0, 0.05) is 17.7 Å². The quantitative estimate of drug-likeness (QED) is 0.705. The van der Waals surface area contributed by atoms with Crippen molar-refractivity contribution >= 4 is 21.5 Å². The van der Waals surface area contributed by atoms with Gasteiger partial charge >= 0.3 is 0 Å². The zero-order valence-electron chi connectivity index (χ0n) is 7.34. The SMILES string of the molecule is CC(C)=C(CBr)c1ccncc1. The lowest BCUT2D eigenvalue weighted by molar-refractivity contribution is 1.30. The highest BCUT2D eigenvalue weighted by Crippen LogP contribution is 2.19. The first-order valence-corrected chi connectivity index (χ1v) is 5.00. The summed E-state index contributed by atoms with van der Waals surface area (Å²) in [6, 6.07) is 4.06.